The molecule has 6 heteroatoms. The molecule has 0 saturated carbocycles. The third kappa shape index (κ3) is 4.23. The molecule has 0 spiro atoms. The van der Waals surface area contributed by atoms with Crippen LogP contribution < -0.4 is 16.4 Å². The van der Waals surface area contributed by atoms with E-state index in [2.05, 4.69) is 10.6 Å². The van der Waals surface area contributed by atoms with Gasteiger partial charge in [-0.05, 0) is 49.4 Å². The van der Waals surface area contributed by atoms with Crippen molar-refractivity contribution < 1.29 is 9.59 Å². The molecule has 0 aromatic heterocycles. The van der Waals surface area contributed by atoms with Crippen LogP contribution in [0.3, 0.4) is 0 Å². The van der Waals surface area contributed by atoms with Crippen molar-refractivity contribution in [3.63, 3.8) is 0 Å². The summed E-state index contributed by atoms with van der Waals surface area (Å²) in [7, 11) is 0. The van der Waals surface area contributed by atoms with Gasteiger partial charge in [-0.2, -0.15) is 0 Å². The number of halogens is 1. The minimum atomic E-state index is -0.488. The van der Waals surface area contributed by atoms with E-state index in [1.54, 1.807) is 55.5 Å². The van der Waals surface area contributed by atoms with Crippen molar-refractivity contribution in [3.05, 3.63) is 59.1 Å². The lowest BCUT2D eigenvalue weighted by Gasteiger charge is -2.15. The Morgan fingerprint density at radius 2 is 1.77 bits per heavy atom. The molecule has 114 valence electrons. The summed E-state index contributed by atoms with van der Waals surface area (Å²) in [5.74, 6) is -0.681. The number of carbonyl (C=O) groups is 2. The second kappa shape index (κ2) is 6.95. The van der Waals surface area contributed by atoms with Crippen molar-refractivity contribution in [2.45, 2.75) is 13.0 Å². The van der Waals surface area contributed by atoms with Gasteiger partial charge in [-0.3, -0.25) is 9.59 Å². The highest BCUT2D eigenvalue weighted by Crippen LogP contribution is 2.16. The SMILES string of the molecule is C[C@H](Nc1ccc(C(N)=O)cc1)C(=O)Nc1cccc(Cl)c1. The van der Waals surface area contributed by atoms with Crippen LogP contribution in [-0.2, 0) is 4.79 Å². The number of rotatable bonds is 5. The molecule has 0 unspecified atom stereocenters. The van der Waals surface area contributed by atoms with Gasteiger partial charge in [-0.15, -0.1) is 0 Å². The Morgan fingerprint density at radius 3 is 2.36 bits per heavy atom. The van der Waals surface area contributed by atoms with Crippen LogP contribution in [0.4, 0.5) is 11.4 Å². The summed E-state index contributed by atoms with van der Waals surface area (Å²) >= 11 is 5.87. The van der Waals surface area contributed by atoms with Crippen molar-refractivity contribution in [3.8, 4) is 0 Å². The first-order chi connectivity index (χ1) is 10.5. The highest BCUT2D eigenvalue weighted by Gasteiger charge is 2.13. The van der Waals surface area contributed by atoms with Crippen molar-refractivity contribution in [1.82, 2.24) is 0 Å². The molecule has 0 fully saturated rings. The fraction of sp³-hybridized carbons (Fsp3) is 0.125. The van der Waals surface area contributed by atoms with Gasteiger partial charge in [0.25, 0.3) is 0 Å². The number of carbonyl (C=O) groups excluding carboxylic acids is 2. The summed E-state index contributed by atoms with van der Waals surface area (Å²) in [6.07, 6.45) is 0. The highest BCUT2D eigenvalue weighted by molar-refractivity contribution is 6.30. The average Bonchev–Trinajstić information content (AvgIpc) is 2.47. The van der Waals surface area contributed by atoms with E-state index in [1.165, 1.54) is 0 Å². The fourth-order valence-electron chi connectivity index (χ4n) is 1.86. The molecule has 0 aliphatic heterocycles. The van der Waals surface area contributed by atoms with Crippen molar-refractivity contribution in [2.24, 2.45) is 5.73 Å². The normalized spacial score (nSPS) is 11.5. The molecule has 0 saturated heterocycles. The zero-order valence-corrected chi connectivity index (χ0v) is 12.7. The third-order valence-corrected chi connectivity index (χ3v) is 3.27. The Bertz CT molecular complexity index is 686. The van der Waals surface area contributed by atoms with Gasteiger partial charge >= 0.3 is 0 Å². The van der Waals surface area contributed by atoms with E-state index in [0.29, 0.717) is 16.3 Å². The Hall–Kier alpha value is -2.53. The summed E-state index contributed by atoms with van der Waals surface area (Å²) in [6.45, 7) is 1.74. The van der Waals surface area contributed by atoms with E-state index in [0.717, 1.165) is 5.69 Å². The van der Waals surface area contributed by atoms with Crippen LogP contribution in [-0.4, -0.2) is 17.9 Å². The van der Waals surface area contributed by atoms with Crippen LogP contribution in [0.2, 0.25) is 5.02 Å². The maximum atomic E-state index is 12.1. The Labute approximate surface area is 133 Å². The molecule has 0 aliphatic carbocycles. The number of primary amides is 1. The van der Waals surface area contributed by atoms with Crippen molar-refractivity contribution in [1.29, 1.82) is 0 Å². The highest BCUT2D eigenvalue weighted by atomic mass is 35.5. The molecular formula is C16H16ClN3O2. The van der Waals surface area contributed by atoms with Crippen LogP contribution in [0.1, 0.15) is 17.3 Å². The summed E-state index contributed by atoms with van der Waals surface area (Å²) in [4.78, 5) is 23.1. The maximum absolute atomic E-state index is 12.1. The van der Waals surface area contributed by atoms with E-state index in [4.69, 9.17) is 17.3 Å². The minimum Gasteiger partial charge on any atom is -0.374 e. The summed E-state index contributed by atoms with van der Waals surface area (Å²) in [6, 6.07) is 13.1. The number of benzene rings is 2. The van der Waals surface area contributed by atoms with Crippen LogP contribution in [0.15, 0.2) is 48.5 Å². The van der Waals surface area contributed by atoms with Gasteiger partial charge in [0, 0.05) is 22.0 Å². The number of anilines is 2. The summed E-state index contributed by atoms with van der Waals surface area (Å²) < 4.78 is 0. The molecule has 0 bridgehead atoms. The van der Waals surface area contributed by atoms with Gasteiger partial charge in [-0.1, -0.05) is 17.7 Å². The smallest absolute Gasteiger partial charge is 0.248 e. The second-order valence-electron chi connectivity index (χ2n) is 4.81. The Kier molecular flexibility index (Phi) is 5.01. The lowest BCUT2D eigenvalue weighted by Crippen LogP contribution is -2.31. The van der Waals surface area contributed by atoms with Crippen LogP contribution in [0.25, 0.3) is 0 Å². The minimum absolute atomic E-state index is 0.193. The number of nitrogens with two attached hydrogens (primary N) is 1. The monoisotopic (exact) mass is 317 g/mol. The molecule has 2 aromatic rings. The number of amides is 2. The Balaban J connectivity index is 1.97. The zero-order valence-electron chi connectivity index (χ0n) is 12.0. The molecular weight excluding hydrogens is 302 g/mol. The summed E-state index contributed by atoms with van der Waals surface area (Å²) in [5, 5.41) is 6.37. The number of hydrogen-bond donors (Lipinski definition) is 3. The molecule has 0 radical (unpaired) electrons. The van der Waals surface area contributed by atoms with E-state index in [-0.39, 0.29) is 5.91 Å². The van der Waals surface area contributed by atoms with Gasteiger partial charge in [0.15, 0.2) is 0 Å². The largest absolute Gasteiger partial charge is 0.374 e. The molecule has 5 nitrogen and oxygen atoms in total. The third-order valence-electron chi connectivity index (χ3n) is 3.04. The van der Waals surface area contributed by atoms with Crippen LogP contribution in [0.5, 0.6) is 0 Å². The Morgan fingerprint density at radius 1 is 1.09 bits per heavy atom. The average molecular weight is 318 g/mol. The fourth-order valence-corrected chi connectivity index (χ4v) is 2.05. The standard InChI is InChI=1S/C16H16ClN3O2/c1-10(16(22)20-14-4-2-3-12(17)9-14)19-13-7-5-11(6-8-13)15(18)21/h2-10,19H,1H3,(H2,18,21)(H,20,22)/t10-/m0/s1. The van der Waals surface area contributed by atoms with Crippen LogP contribution in [0, 0.1) is 0 Å². The number of hydrogen-bond acceptors (Lipinski definition) is 3. The molecule has 22 heavy (non-hydrogen) atoms. The van der Waals surface area contributed by atoms with Gasteiger partial charge < -0.3 is 16.4 Å². The first-order valence-corrected chi connectivity index (χ1v) is 7.06. The van der Waals surface area contributed by atoms with Crippen molar-refractivity contribution in [2.75, 3.05) is 10.6 Å². The quantitative estimate of drug-likeness (QED) is 0.792. The van der Waals surface area contributed by atoms with Gasteiger partial charge in [0.05, 0.1) is 0 Å². The molecule has 0 heterocycles. The molecule has 2 rings (SSSR count). The second-order valence-corrected chi connectivity index (χ2v) is 5.24. The van der Waals surface area contributed by atoms with E-state index >= 15 is 0 Å². The predicted octanol–water partition coefficient (Wildman–Crippen LogP) is 2.88. The lowest BCUT2D eigenvalue weighted by molar-refractivity contribution is -0.116. The van der Waals surface area contributed by atoms with Gasteiger partial charge in [-0.25, -0.2) is 0 Å². The predicted molar refractivity (Wildman–Crippen MR) is 88.1 cm³/mol. The first-order valence-electron chi connectivity index (χ1n) is 6.68. The molecule has 4 N–H and O–H groups in total. The lowest BCUT2D eigenvalue weighted by atomic mass is 10.2. The molecule has 2 amide bonds. The molecule has 0 aliphatic rings. The first kappa shape index (κ1) is 15.9. The van der Waals surface area contributed by atoms with E-state index in [9.17, 15) is 9.59 Å². The number of nitrogens with one attached hydrogen (secondary N) is 2. The van der Waals surface area contributed by atoms with E-state index < -0.39 is 11.9 Å². The topological polar surface area (TPSA) is 84.2 Å². The van der Waals surface area contributed by atoms with E-state index in [1.807, 2.05) is 0 Å². The van der Waals surface area contributed by atoms with Gasteiger partial charge in [0.1, 0.15) is 6.04 Å². The van der Waals surface area contributed by atoms with Crippen molar-refractivity contribution >= 4 is 34.8 Å². The molecule has 2 aromatic carbocycles. The van der Waals surface area contributed by atoms with Gasteiger partial charge in [0.2, 0.25) is 11.8 Å². The molecule has 1 atom stereocenters. The maximum Gasteiger partial charge on any atom is 0.248 e. The summed E-state index contributed by atoms with van der Waals surface area (Å²) in [5.41, 5.74) is 6.95. The van der Waals surface area contributed by atoms with Crippen LogP contribution >= 0.6 is 11.6 Å². The zero-order chi connectivity index (χ0) is 16.1.